The second kappa shape index (κ2) is 9.01. The van der Waals surface area contributed by atoms with Gasteiger partial charge in [0.2, 0.25) is 0 Å². The van der Waals surface area contributed by atoms with Crippen molar-refractivity contribution < 1.29 is 14.3 Å². The van der Waals surface area contributed by atoms with Crippen molar-refractivity contribution in [3.63, 3.8) is 0 Å². The highest BCUT2D eigenvalue weighted by atomic mass is 35.5. The van der Waals surface area contributed by atoms with E-state index in [9.17, 15) is 9.59 Å². The molecule has 1 aromatic heterocycles. The molecule has 142 valence electrons. The van der Waals surface area contributed by atoms with Crippen molar-refractivity contribution in [1.29, 1.82) is 0 Å². The molecule has 0 saturated heterocycles. The van der Waals surface area contributed by atoms with Crippen molar-refractivity contribution in [1.82, 2.24) is 4.98 Å². The molecule has 2 N–H and O–H groups in total. The van der Waals surface area contributed by atoms with Crippen molar-refractivity contribution in [2.45, 2.75) is 6.54 Å². The molecule has 3 rings (SSSR count). The molecule has 0 aliphatic carbocycles. The fraction of sp³-hybridized carbons (Fsp3) is 0.0952. The number of carbonyl (C=O) groups excluding carboxylic acids is 2. The molecule has 6 nitrogen and oxygen atoms in total. The number of amides is 1. The van der Waals surface area contributed by atoms with E-state index in [0.29, 0.717) is 28.4 Å². The zero-order valence-electron chi connectivity index (χ0n) is 15.1. The lowest BCUT2D eigenvalue weighted by Gasteiger charge is -2.09. The van der Waals surface area contributed by atoms with Gasteiger partial charge < -0.3 is 15.4 Å². The first kappa shape index (κ1) is 19.4. The second-order valence-corrected chi connectivity index (χ2v) is 6.40. The number of rotatable bonds is 6. The number of nitrogens with zero attached hydrogens (tertiary/aromatic N) is 1. The summed E-state index contributed by atoms with van der Waals surface area (Å²) >= 11 is 5.88. The van der Waals surface area contributed by atoms with E-state index in [-0.39, 0.29) is 5.91 Å². The Morgan fingerprint density at radius 1 is 0.964 bits per heavy atom. The largest absolute Gasteiger partial charge is 0.465 e. The van der Waals surface area contributed by atoms with Crippen LogP contribution in [0.2, 0.25) is 5.02 Å². The van der Waals surface area contributed by atoms with Crippen LogP contribution < -0.4 is 10.6 Å². The van der Waals surface area contributed by atoms with Crippen LogP contribution in [-0.2, 0) is 11.3 Å². The molecule has 0 aliphatic heterocycles. The van der Waals surface area contributed by atoms with E-state index in [0.717, 1.165) is 11.3 Å². The van der Waals surface area contributed by atoms with Gasteiger partial charge in [0, 0.05) is 29.6 Å². The van der Waals surface area contributed by atoms with Crippen LogP contribution in [0.15, 0.2) is 67.0 Å². The molecule has 1 amide bonds. The average molecular weight is 396 g/mol. The predicted octanol–water partition coefficient (Wildman–Crippen LogP) is 4.39. The third kappa shape index (κ3) is 5.08. The van der Waals surface area contributed by atoms with Crippen LogP contribution in [0.4, 0.5) is 11.4 Å². The fourth-order valence-corrected chi connectivity index (χ4v) is 2.60. The number of benzene rings is 2. The predicted molar refractivity (Wildman–Crippen MR) is 109 cm³/mol. The normalized spacial score (nSPS) is 10.2. The summed E-state index contributed by atoms with van der Waals surface area (Å²) in [4.78, 5) is 28.0. The fourth-order valence-electron chi connectivity index (χ4n) is 2.48. The monoisotopic (exact) mass is 395 g/mol. The summed E-state index contributed by atoms with van der Waals surface area (Å²) in [7, 11) is 1.32. The van der Waals surface area contributed by atoms with E-state index in [1.807, 2.05) is 24.3 Å². The zero-order valence-corrected chi connectivity index (χ0v) is 15.9. The number of esters is 1. The minimum Gasteiger partial charge on any atom is -0.465 e. The lowest BCUT2D eigenvalue weighted by atomic mass is 10.2. The third-order valence-corrected chi connectivity index (χ3v) is 4.23. The summed E-state index contributed by atoms with van der Waals surface area (Å²) in [6, 6.07) is 15.7. The van der Waals surface area contributed by atoms with Crippen LogP contribution in [0.3, 0.4) is 0 Å². The second-order valence-electron chi connectivity index (χ2n) is 5.97. The van der Waals surface area contributed by atoms with Gasteiger partial charge in [0.25, 0.3) is 5.91 Å². The van der Waals surface area contributed by atoms with Gasteiger partial charge in [-0.2, -0.15) is 0 Å². The van der Waals surface area contributed by atoms with Gasteiger partial charge in [-0.1, -0.05) is 23.7 Å². The van der Waals surface area contributed by atoms with Crippen molar-refractivity contribution in [2.24, 2.45) is 0 Å². The van der Waals surface area contributed by atoms with E-state index in [2.05, 4.69) is 20.4 Å². The van der Waals surface area contributed by atoms with E-state index < -0.39 is 5.97 Å². The molecule has 0 fully saturated rings. The summed E-state index contributed by atoms with van der Waals surface area (Å²) in [5.41, 5.74) is 3.18. The van der Waals surface area contributed by atoms with Gasteiger partial charge in [0.05, 0.1) is 23.9 Å². The topological polar surface area (TPSA) is 80.3 Å². The first-order valence-electron chi connectivity index (χ1n) is 8.48. The van der Waals surface area contributed by atoms with Crippen molar-refractivity contribution >= 4 is 34.9 Å². The highest BCUT2D eigenvalue weighted by Gasteiger charge is 2.09. The molecular formula is C21H18ClN3O3. The number of aromatic nitrogens is 1. The van der Waals surface area contributed by atoms with Gasteiger partial charge in [0.15, 0.2) is 0 Å². The van der Waals surface area contributed by atoms with E-state index >= 15 is 0 Å². The molecule has 7 heteroatoms. The van der Waals surface area contributed by atoms with Crippen LogP contribution in [0.1, 0.15) is 26.3 Å². The maximum Gasteiger partial charge on any atom is 0.337 e. The molecule has 0 unspecified atom stereocenters. The number of pyridine rings is 1. The average Bonchev–Trinajstić information content (AvgIpc) is 2.73. The van der Waals surface area contributed by atoms with E-state index in [4.69, 9.17) is 11.6 Å². The van der Waals surface area contributed by atoms with Crippen molar-refractivity contribution in [3.8, 4) is 0 Å². The zero-order chi connectivity index (χ0) is 19.9. The van der Waals surface area contributed by atoms with Gasteiger partial charge in [-0.15, -0.1) is 0 Å². The number of hydrogen-bond acceptors (Lipinski definition) is 5. The van der Waals surface area contributed by atoms with Gasteiger partial charge >= 0.3 is 5.97 Å². The highest BCUT2D eigenvalue weighted by Crippen LogP contribution is 2.15. The SMILES string of the molecule is COC(=O)c1ccc(NC(=O)c2cncc(NCc3ccc(Cl)cc3)c2)cc1. The summed E-state index contributed by atoms with van der Waals surface area (Å²) in [5, 5.41) is 6.69. The Kier molecular flexibility index (Phi) is 6.24. The molecule has 1 heterocycles. The maximum atomic E-state index is 12.5. The van der Waals surface area contributed by atoms with Crippen LogP contribution >= 0.6 is 11.6 Å². The van der Waals surface area contributed by atoms with Gasteiger partial charge in [-0.05, 0) is 48.0 Å². The number of hydrogen-bond donors (Lipinski definition) is 2. The van der Waals surface area contributed by atoms with Crippen LogP contribution in [0.25, 0.3) is 0 Å². The maximum absolute atomic E-state index is 12.5. The quantitative estimate of drug-likeness (QED) is 0.605. The Bertz CT molecular complexity index is 973. The molecule has 0 aliphatic rings. The smallest absolute Gasteiger partial charge is 0.337 e. The molecular weight excluding hydrogens is 378 g/mol. The summed E-state index contributed by atoms with van der Waals surface area (Å²) in [6.45, 7) is 0.582. The first-order chi connectivity index (χ1) is 13.5. The molecule has 2 aromatic carbocycles. The minimum absolute atomic E-state index is 0.298. The van der Waals surface area contributed by atoms with Crippen LogP contribution in [-0.4, -0.2) is 24.0 Å². The van der Waals surface area contributed by atoms with Gasteiger partial charge in [-0.3, -0.25) is 9.78 Å². The Labute approximate surface area is 167 Å². The summed E-state index contributed by atoms with van der Waals surface area (Å²) in [5.74, 6) is -0.727. The molecule has 0 saturated carbocycles. The lowest BCUT2D eigenvalue weighted by Crippen LogP contribution is -2.13. The van der Waals surface area contributed by atoms with E-state index in [1.54, 1.807) is 36.5 Å². The van der Waals surface area contributed by atoms with Crippen LogP contribution in [0.5, 0.6) is 0 Å². The highest BCUT2D eigenvalue weighted by molar-refractivity contribution is 6.30. The summed E-state index contributed by atoms with van der Waals surface area (Å²) < 4.78 is 4.65. The molecule has 28 heavy (non-hydrogen) atoms. The first-order valence-corrected chi connectivity index (χ1v) is 8.86. The Morgan fingerprint density at radius 3 is 2.36 bits per heavy atom. The van der Waals surface area contributed by atoms with Crippen molar-refractivity contribution in [3.05, 3.63) is 88.7 Å². The number of nitrogens with one attached hydrogen (secondary N) is 2. The molecule has 0 bridgehead atoms. The van der Waals surface area contributed by atoms with E-state index in [1.165, 1.54) is 13.3 Å². The van der Waals surface area contributed by atoms with Crippen LogP contribution in [0, 0.1) is 0 Å². The number of methoxy groups -OCH3 is 1. The number of anilines is 2. The van der Waals surface area contributed by atoms with Crippen molar-refractivity contribution in [2.75, 3.05) is 17.7 Å². The molecule has 0 spiro atoms. The number of carbonyl (C=O) groups is 2. The Balaban J connectivity index is 1.63. The number of halogens is 1. The molecule has 0 radical (unpaired) electrons. The Morgan fingerprint density at radius 2 is 1.68 bits per heavy atom. The third-order valence-electron chi connectivity index (χ3n) is 3.97. The molecule has 0 atom stereocenters. The Hall–Kier alpha value is -3.38. The minimum atomic E-state index is -0.429. The molecule has 3 aromatic rings. The summed E-state index contributed by atoms with van der Waals surface area (Å²) in [6.07, 6.45) is 3.14. The van der Waals surface area contributed by atoms with Gasteiger partial charge in [-0.25, -0.2) is 4.79 Å². The van der Waals surface area contributed by atoms with Gasteiger partial charge in [0.1, 0.15) is 0 Å². The standard InChI is InChI=1S/C21H18ClN3O3/c1-28-21(27)15-4-8-18(9-5-15)25-20(26)16-10-19(13-23-12-16)24-11-14-2-6-17(22)7-3-14/h2-10,12-13,24H,11H2,1H3,(H,25,26). The lowest BCUT2D eigenvalue weighted by molar-refractivity contribution is 0.0600. The number of ether oxygens (including phenoxy) is 1.